The minimum absolute atomic E-state index is 0.377. The van der Waals surface area contributed by atoms with Gasteiger partial charge in [0.2, 0.25) is 0 Å². The normalized spacial score (nSPS) is 10.5. The summed E-state index contributed by atoms with van der Waals surface area (Å²) in [6.07, 6.45) is 5.20. The molecule has 0 saturated heterocycles. The molecule has 0 spiro atoms. The van der Waals surface area contributed by atoms with Gasteiger partial charge < -0.3 is 10.6 Å². The Morgan fingerprint density at radius 2 is 1.61 bits per heavy atom. The summed E-state index contributed by atoms with van der Waals surface area (Å²) in [5, 5.41) is 12.5. The molecule has 0 aliphatic carbocycles. The van der Waals surface area contributed by atoms with Crippen molar-refractivity contribution >= 4 is 17.4 Å². The Morgan fingerprint density at radius 3 is 2.36 bits per heavy atom. The van der Waals surface area contributed by atoms with Gasteiger partial charge in [-0.15, -0.1) is 0 Å². The first-order valence-electron chi connectivity index (χ1n) is 8.57. The van der Waals surface area contributed by atoms with E-state index in [0.29, 0.717) is 11.4 Å². The quantitative estimate of drug-likeness (QED) is 0.475. The van der Waals surface area contributed by atoms with E-state index in [-0.39, 0.29) is 0 Å². The molecule has 3 N–H and O–H groups in total. The van der Waals surface area contributed by atoms with Crippen LogP contribution in [0.3, 0.4) is 0 Å². The molecule has 0 radical (unpaired) electrons. The fourth-order valence-corrected chi connectivity index (χ4v) is 2.87. The number of amides is 2. The molecule has 4 aromatic rings. The van der Waals surface area contributed by atoms with Crippen molar-refractivity contribution in [3.8, 4) is 22.4 Å². The third-order valence-electron chi connectivity index (χ3n) is 4.12. The first kappa shape index (κ1) is 17.4. The summed E-state index contributed by atoms with van der Waals surface area (Å²) in [5.41, 5.74) is 4.60. The van der Waals surface area contributed by atoms with E-state index in [1.807, 2.05) is 30.3 Å². The molecule has 2 amide bonds. The van der Waals surface area contributed by atoms with Crippen molar-refractivity contribution in [2.45, 2.75) is 0 Å². The van der Waals surface area contributed by atoms with Crippen LogP contribution in [0.5, 0.6) is 0 Å². The molecule has 0 saturated carbocycles. The third-order valence-corrected chi connectivity index (χ3v) is 4.12. The van der Waals surface area contributed by atoms with Crippen LogP contribution in [0.15, 0.2) is 79.3 Å². The van der Waals surface area contributed by atoms with Crippen molar-refractivity contribution in [3.05, 3.63) is 85.1 Å². The summed E-state index contributed by atoms with van der Waals surface area (Å²) in [4.78, 5) is 16.2. The number of anilines is 2. The molecule has 0 unspecified atom stereocenters. The summed E-state index contributed by atoms with van der Waals surface area (Å²) in [6.45, 7) is 0. The largest absolute Gasteiger partial charge is 0.323 e. The smallest absolute Gasteiger partial charge is 0.308 e. The molecular weight excluding hydrogens is 357 g/mol. The number of carbonyl (C=O) groups excluding carboxylic acids is 1. The van der Waals surface area contributed by atoms with E-state index in [2.05, 4.69) is 25.8 Å². The summed E-state index contributed by atoms with van der Waals surface area (Å²) in [6, 6.07) is 16.4. The minimum atomic E-state index is -0.457. The van der Waals surface area contributed by atoms with Gasteiger partial charge in [-0.2, -0.15) is 5.10 Å². The Morgan fingerprint density at radius 1 is 0.893 bits per heavy atom. The van der Waals surface area contributed by atoms with Gasteiger partial charge in [0.25, 0.3) is 0 Å². The van der Waals surface area contributed by atoms with Gasteiger partial charge in [0, 0.05) is 34.9 Å². The number of rotatable bonds is 4. The molecule has 138 valence electrons. The average Bonchev–Trinajstić information content (AvgIpc) is 3.19. The number of hydrogen-bond donors (Lipinski definition) is 3. The van der Waals surface area contributed by atoms with Gasteiger partial charge >= 0.3 is 6.03 Å². The monoisotopic (exact) mass is 373 g/mol. The Labute approximate surface area is 160 Å². The van der Waals surface area contributed by atoms with Crippen molar-refractivity contribution in [2.75, 3.05) is 10.6 Å². The second kappa shape index (κ2) is 7.71. The fourth-order valence-electron chi connectivity index (χ4n) is 2.87. The van der Waals surface area contributed by atoms with E-state index >= 15 is 0 Å². The number of nitrogens with one attached hydrogen (secondary N) is 3. The maximum absolute atomic E-state index is 13.2. The van der Waals surface area contributed by atoms with E-state index < -0.39 is 11.8 Å². The second-order valence-electron chi connectivity index (χ2n) is 6.06. The van der Waals surface area contributed by atoms with Crippen LogP contribution in [0, 0.1) is 5.82 Å². The molecule has 0 bridgehead atoms. The zero-order valence-corrected chi connectivity index (χ0v) is 14.7. The molecule has 0 aliphatic rings. The number of nitrogens with zero attached hydrogens (tertiary/aromatic N) is 2. The van der Waals surface area contributed by atoms with Gasteiger partial charge in [-0.3, -0.25) is 10.1 Å². The van der Waals surface area contributed by atoms with Crippen LogP contribution in [-0.2, 0) is 0 Å². The summed E-state index contributed by atoms with van der Waals surface area (Å²) in [5.74, 6) is -0.414. The number of H-pyrrole nitrogens is 1. The second-order valence-corrected chi connectivity index (χ2v) is 6.06. The highest BCUT2D eigenvalue weighted by Gasteiger charge is 2.11. The van der Waals surface area contributed by atoms with Gasteiger partial charge in [0.15, 0.2) is 0 Å². The number of halogens is 1. The van der Waals surface area contributed by atoms with Gasteiger partial charge in [0.05, 0.1) is 11.9 Å². The molecule has 4 rings (SSSR count). The van der Waals surface area contributed by atoms with Crippen molar-refractivity contribution in [3.63, 3.8) is 0 Å². The van der Waals surface area contributed by atoms with Crippen LogP contribution in [0.4, 0.5) is 20.6 Å². The number of urea groups is 1. The number of carbonyl (C=O) groups is 1. The minimum Gasteiger partial charge on any atom is -0.308 e. The Kier molecular flexibility index (Phi) is 4.79. The van der Waals surface area contributed by atoms with Gasteiger partial charge in [0.1, 0.15) is 5.82 Å². The molecular formula is C21H16FN5O. The Bertz CT molecular complexity index is 1110. The first-order valence-corrected chi connectivity index (χ1v) is 8.57. The molecule has 6 nitrogen and oxygen atoms in total. The summed E-state index contributed by atoms with van der Waals surface area (Å²) < 4.78 is 13.2. The number of pyridine rings is 1. The van der Waals surface area contributed by atoms with E-state index in [1.54, 1.807) is 30.7 Å². The van der Waals surface area contributed by atoms with Crippen LogP contribution in [0.2, 0.25) is 0 Å². The molecule has 0 aliphatic heterocycles. The molecule has 2 heterocycles. The highest BCUT2D eigenvalue weighted by Crippen LogP contribution is 2.31. The topological polar surface area (TPSA) is 82.7 Å². The lowest BCUT2D eigenvalue weighted by molar-refractivity contribution is 0.262. The van der Waals surface area contributed by atoms with E-state index in [0.717, 1.165) is 22.4 Å². The van der Waals surface area contributed by atoms with Crippen LogP contribution in [-0.4, -0.2) is 21.2 Å². The average molecular weight is 373 g/mol. The lowest BCUT2D eigenvalue weighted by Crippen LogP contribution is -2.19. The lowest BCUT2D eigenvalue weighted by atomic mass is 10.0. The number of benzene rings is 2. The maximum atomic E-state index is 13.2. The highest BCUT2D eigenvalue weighted by atomic mass is 19.1. The van der Waals surface area contributed by atoms with Crippen LogP contribution in [0.25, 0.3) is 22.4 Å². The zero-order chi connectivity index (χ0) is 19.3. The van der Waals surface area contributed by atoms with E-state index in [4.69, 9.17) is 0 Å². The van der Waals surface area contributed by atoms with Gasteiger partial charge in [-0.1, -0.05) is 18.2 Å². The molecule has 2 aromatic heterocycles. The zero-order valence-electron chi connectivity index (χ0n) is 14.7. The Hall–Kier alpha value is -4.00. The van der Waals surface area contributed by atoms with E-state index in [1.165, 1.54) is 18.2 Å². The van der Waals surface area contributed by atoms with Gasteiger partial charge in [-0.25, -0.2) is 9.18 Å². The van der Waals surface area contributed by atoms with Gasteiger partial charge in [-0.05, 0) is 48.0 Å². The molecule has 7 heteroatoms. The number of hydrogen-bond acceptors (Lipinski definition) is 3. The fraction of sp³-hybridized carbons (Fsp3) is 0. The van der Waals surface area contributed by atoms with Crippen molar-refractivity contribution < 1.29 is 9.18 Å². The van der Waals surface area contributed by atoms with Crippen molar-refractivity contribution in [1.29, 1.82) is 0 Å². The number of aromatic nitrogens is 3. The number of aromatic amines is 1. The Balaban J connectivity index is 1.54. The highest BCUT2D eigenvalue weighted by molar-refractivity contribution is 6.00. The predicted octanol–water partition coefficient (Wildman–Crippen LogP) is 4.92. The lowest BCUT2D eigenvalue weighted by Gasteiger charge is -2.09. The standard InChI is InChI=1S/C21H16FN5O/c22-16-4-2-6-18(12-16)26-21(28)25-17-5-1-3-15(11-17)20-19(13-24-27-20)14-7-9-23-10-8-14/h1-13H,(H,24,27)(H2,25,26,28). The molecule has 2 aromatic carbocycles. The molecule has 0 fully saturated rings. The summed E-state index contributed by atoms with van der Waals surface area (Å²) in [7, 11) is 0. The van der Waals surface area contributed by atoms with Crippen LogP contribution >= 0.6 is 0 Å². The van der Waals surface area contributed by atoms with Crippen LogP contribution < -0.4 is 10.6 Å². The maximum Gasteiger partial charge on any atom is 0.323 e. The summed E-state index contributed by atoms with van der Waals surface area (Å²) >= 11 is 0. The van der Waals surface area contributed by atoms with E-state index in [9.17, 15) is 9.18 Å². The van der Waals surface area contributed by atoms with Crippen molar-refractivity contribution in [2.24, 2.45) is 0 Å². The first-order chi connectivity index (χ1) is 13.7. The third kappa shape index (κ3) is 3.88. The van der Waals surface area contributed by atoms with Crippen LogP contribution in [0.1, 0.15) is 0 Å². The van der Waals surface area contributed by atoms with Crippen molar-refractivity contribution in [1.82, 2.24) is 15.2 Å². The molecule has 0 atom stereocenters. The SMILES string of the molecule is O=C(Nc1cccc(F)c1)Nc1cccc(-c2[nH]ncc2-c2ccncc2)c1. The predicted molar refractivity (Wildman–Crippen MR) is 106 cm³/mol. The molecule has 28 heavy (non-hydrogen) atoms.